The molecule has 0 aromatic heterocycles. The molecule has 0 aliphatic rings. The molecule has 0 unspecified atom stereocenters. The highest BCUT2D eigenvalue weighted by atomic mass is 16.1. The average Bonchev–Trinajstić information content (AvgIpc) is 2.25. The van der Waals surface area contributed by atoms with Crippen molar-refractivity contribution in [2.45, 2.75) is 19.8 Å². The highest BCUT2D eigenvalue weighted by molar-refractivity contribution is 5.95. The van der Waals surface area contributed by atoms with Crippen molar-refractivity contribution in [3.63, 3.8) is 0 Å². The van der Waals surface area contributed by atoms with Crippen molar-refractivity contribution < 1.29 is 4.79 Å². The molecule has 0 aliphatic carbocycles. The van der Waals surface area contributed by atoms with Crippen molar-refractivity contribution in [3.05, 3.63) is 35.4 Å². The van der Waals surface area contributed by atoms with Gasteiger partial charge >= 0.3 is 0 Å². The van der Waals surface area contributed by atoms with E-state index in [-0.39, 0.29) is 5.91 Å². The van der Waals surface area contributed by atoms with Crippen molar-refractivity contribution >= 4 is 5.91 Å². The average molecular weight is 206 g/mol. The summed E-state index contributed by atoms with van der Waals surface area (Å²) in [5.41, 5.74) is 7.13. The van der Waals surface area contributed by atoms with Crippen molar-refractivity contribution in [1.82, 2.24) is 5.32 Å². The molecule has 15 heavy (non-hydrogen) atoms. The Balaban J connectivity index is 2.44. The third-order valence-corrected chi connectivity index (χ3v) is 2.31. The molecule has 0 aliphatic heterocycles. The van der Waals surface area contributed by atoms with Gasteiger partial charge in [-0.3, -0.25) is 4.79 Å². The molecule has 0 saturated heterocycles. The van der Waals surface area contributed by atoms with Crippen LogP contribution in [-0.4, -0.2) is 19.0 Å². The number of rotatable bonds is 5. The lowest BCUT2D eigenvalue weighted by atomic mass is 10.1. The highest BCUT2D eigenvalue weighted by Gasteiger charge is 2.06. The van der Waals surface area contributed by atoms with Gasteiger partial charge in [-0.2, -0.15) is 0 Å². The predicted octanol–water partition coefficient (Wildman–Crippen LogP) is 1.46. The van der Waals surface area contributed by atoms with Crippen LogP contribution >= 0.6 is 0 Å². The molecule has 82 valence electrons. The van der Waals surface area contributed by atoms with E-state index in [1.807, 2.05) is 31.2 Å². The Morgan fingerprint density at radius 1 is 1.33 bits per heavy atom. The van der Waals surface area contributed by atoms with Crippen LogP contribution in [0.4, 0.5) is 0 Å². The van der Waals surface area contributed by atoms with Gasteiger partial charge in [0.2, 0.25) is 0 Å². The van der Waals surface area contributed by atoms with Gasteiger partial charge in [0.05, 0.1) is 0 Å². The van der Waals surface area contributed by atoms with Crippen molar-refractivity contribution in [3.8, 4) is 0 Å². The van der Waals surface area contributed by atoms with Crippen LogP contribution in [-0.2, 0) is 0 Å². The van der Waals surface area contributed by atoms with E-state index in [2.05, 4.69) is 5.32 Å². The fourth-order valence-electron chi connectivity index (χ4n) is 1.39. The van der Waals surface area contributed by atoms with E-state index in [1.165, 1.54) is 0 Å². The zero-order valence-corrected chi connectivity index (χ0v) is 9.12. The van der Waals surface area contributed by atoms with Gasteiger partial charge in [0, 0.05) is 12.1 Å². The second-order valence-electron chi connectivity index (χ2n) is 3.57. The molecule has 3 heteroatoms. The predicted molar refractivity (Wildman–Crippen MR) is 61.8 cm³/mol. The van der Waals surface area contributed by atoms with Gasteiger partial charge < -0.3 is 11.1 Å². The standard InChI is InChI=1S/C12H18N2O/c1-10-6-2-3-7-11(10)12(15)14-9-5-4-8-13/h2-3,6-7H,4-5,8-9,13H2,1H3,(H,14,15). The van der Waals surface area contributed by atoms with Crippen LogP contribution in [0.1, 0.15) is 28.8 Å². The molecule has 1 aromatic carbocycles. The fourth-order valence-corrected chi connectivity index (χ4v) is 1.39. The Kier molecular flexibility index (Phi) is 4.84. The van der Waals surface area contributed by atoms with Crippen molar-refractivity contribution in [2.75, 3.05) is 13.1 Å². The van der Waals surface area contributed by atoms with Gasteiger partial charge in [-0.15, -0.1) is 0 Å². The van der Waals surface area contributed by atoms with Gasteiger partial charge in [-0.05, 0) is 37.9 Å². The van der Waals surface area contributed by atoms with Gasteiger partial charge in [0.25, 0.3) is 5.91 Å². The molecule has 0 bridgehead atoms. The summed E-state index contributed by atoms with van der Waals surface area (Å²) in [6, 6.07) is 7.59. The molecule has 0 spiro atoms. The molecule has 1 amide bonds. The minimum Gasteiger partial charge on any atom is -0.352 e. The molecule has 0 heterocycles. The zero-order valence-electron chi connectivity index (χ0n) is 9.12. The first-order chi connectivity index (χ1) is 7.25. The van der Waals surface area contributed by atoms with E-state index in [0.717, 1.165) is 24.0 Å². The first kappa shape index (κ1) is 11.7. The topological polar surface area (TPSA) is 55.1 Å². The molecule has 1 aromatic rings. The highest BCUT2D eigenvalue weighted by Crippen LogP contribution is 2.06. The Hall–Kier alpha value is -1.35. The SMILES string of the molecule is Cc1ccccc1C(=O)NCCCCN. The number of unbranched alkanes of at least 4 members (excludes halogenated alkanes) is 1. The summed E-state index contributed by atoms with van der Waals surface area (Å²) >= 11 is 0. The number of nitrogens with one attached hydrogen (secondary N) is 1. The van der Waals surface area contributed by atoms with Gasteiger partial charge in [-0.1, -0.05) is 18.2 Å². The first-order valence-corrected chi connectivity index (χ1v) is 5.29. The Labute approximate surface area is 90.7 Å². The Bertz CT molecular complexity index is 323. The monoisotopic (exact) mass is 206 g/mol. The molecule has 1 rings (SSSR count). The van der Waals surface area contributed by atoms with E-state index < -0.39 is 0 Å². The van der Waals surface area contributed by atoms with Crippen LogP contribution in [0.25, 0.3) is 0 Å². The maximum atomic E-state index is 11.7. The number of amides is 1. The smallest absolute Gasteiger partial charge is 0.251 e. The summed E-state index contributed by atoms with van der Waals surface area (Å²) in [4.78, 5) is 11.7. The number of hydrogen-bond acceptors (Lipinski definition) is 2. The van der Waals surface area contributed by atoms with E-state index in [4.69, 9.17) is 5.73 Å². The molecule has 0 radical (unpaired) electrons. The minimum absolute atomic E-state index is 0.00474. The second kappa shape index (κ2) is 6.19. The minimum atomic E-state index is 0.00474. The van der Waals surface area contributed by atoms with Crippen LogP contribution in [0.2, 0.25) is 0 Å². The zero-order chi connectivity index (χ0) is 11.1. The van der Waals surface area contributed by atoms with Gasteiger partial charge in [0.15, 0.2) is 0 Å². The number of nitrogens with two attached hydrogens (primary N) is 1. The van der Waals surface area contributed by atoms with E-state index in [1.54, 1.807) is 0 Å². The lowest BCUT2D eigenvalue weighted by molar-refractivity contribution is 0.0952. The van der Waals surface area contributed by atoms with Crippen molar-refractivity contribution in [1.29, 1.82) is 0 Å². The van der Waals surface area contributed by atoms with Crippen LogP contribution in [0.5, 0.6) is 0 Å². The molecule has 0 saturated carbocycles. The summed E-state index contributed by atoms with van der Waals surface area (Å²) in [6.07, 6.45) is 1.89. The molecular weight excluding hydrogens is 188 g/mol. The van der Waals surface area contributed by atoms with Crippen LogP contribution in [0.15, 0.2) is 24.3 Å². The second-order valence-corrected chi connectivity index (χ2v) is 3.57. The number of benzene rings is 1. The van der Waals surface area contributed by atoms with E-state index in [0.29, 0.717) is 13.1 Å². The molecule has 0 fully saturated rings. The summed E-state index contributed by atoms with van der Waals surface area (Å²) in [6.45, 7) is 3.32. The van der Waals surface area contributed by atoms with Crippen LogP contribution in [0, 0.1) is 6.92 Å². The first-order valence-electron chi connectivity index (χ1n) is 5.29. The molecule has 0 atom stereocenters. The fraction of sp³-hybridized carbons (Fsp3) is 0.417. The number of aryl methyl sites for hydroxylation is 1. The van der Waals surface area contributed by atoms with Crippen LogP contribution in [0.3, 0.4) is 0 Å². The molecular formula is C12H18N2O. The maximum Gasteiger partial charge on any atom is 0.251 e. The van der Waals surface area contributed by atoms with E-state index >= 15 is 0 Å². The van der Waals surface area contributed by atoms with Gasteiger partial charge in [-0.25, -0.2) is 0 Å². The Morgan fingerprint density at radius 3 is 2.73 bits per heavy atom. The normalized spacial score (nSPS) is 10.0. The third kappa shape index (κ3) is 3.72. The number of carbonyl (C=O) groups is 1. The largest absolute Gasteiger partial charge is 0.352 e. The summed E-state index contributed by atoms with van der Waals surface area (Å²) in [5, 5.41) is 2.88. The van der Waals surface area contributed by atoms with Crippen molar-refractivity contribution in [2.24, 2.45) is 5.73 Å². The number of carbonyl (C=O) groups excluding carboxylic acids is 1. The Morgan fingerprint density at radius 2 is 2.07 bits per heavy atom. The lowest BCUT2D eigenvalue weighted by Gasteiger charge is -2.06. The van der Waals surface area contributed by atoms with Gasteiger partial charge in [0.1, 0.15) is 0 Å². The molecule has 3 nitrogen and oxygen atoms in total. The molecule has 3 N–H and O–H groups in total. The lowest BCUT2D eigenvalue weighted by Crippen LogP contribution is -2.25. The third-order valence-electron chi connectivity index (χ3n) is 2.31. The quantitative estimate of drug-likeness (QED) is 0.717. The number of hydrogen-bond donors (Lipinski definition) is 2. The van der Waals surface area contributed by atoms with Crippen LogP contribution < -0.4 is 11.1 Å². The summed E-state index contributed by atoms with van der Waals surface area (Å²) < 4.78 is 0. The van der Waals surface area contributed by atoms with E-state index in [9.17, 15) is 4.79 Å². The maximum absolute atomic E-state index is 11.7. The summed E-state index contributed by atoms with van der Waals surface area (Å²) in [7, 11) is 0. The summed E-state index contributed by atoms with van der Waals surface area (Å²) in [5.74, 6) is 0.00474.